The smallest absolute Gasteiger partial charge is 0.0575 e. The fourth-order valence-corrected chi connectivity index (χ4v) is 4.84. The fourth-order valence-electron chi connectivity index (χ4n) is 4.57. The Balaban J connectivity index is 0.00000240. The molecule has 1 aliphatic heterocycles. The molecule has 3 atom stereocenters. The standard InChI is InChI=1S/C24H26BrNO2.ClH/c1-27-16-21-14-26(28-2)15-23(24(21)18-9-11-22(25)12-10-18)20-8-7-17-5-3-4-6-19(17)13-20;/h3-13,21,23-24H,14-16H2,1-2H3;1H. The molecule has 3 unspecified atom stereocenters. The molecule has 29 heavy (non-hydrogen) atoms. The van der Waals surface area contributed by atoms with Gasteiger partial charge in [-0.3, -0.25) is 0 Å². The largest absolute Gasteiger partial charge is 0.384 e. The Bertz CT molecular complexity index is 934. The minimum atomic E-state index is 0. The molecule has 0 bridgehead atoms. The van der Waals surface area contributed by atoms with E-state index < -0.39 is 0 Å². The van der Waals surface area contributed by atoms with Crippen molar-refractivity contribution in [2.45, 2.75) is 11.8 Å². The molecule has 0 spiro atoms. The van der Waals surface area contributed by atoms with Crippen molar-refractivity contribution in [1.82, 2.24) is 5.06 Å². The van der Waals surface area contributed by atoms with Gasteiger partial charge in [-0.05, 0) is 39.9 Å². The summed E-state index contributed by atoms with van der Waals surface area (Å²) in [6.45, 7) is 2.45. The third kappa shape index (κ3) is 4.84. The van der Waals surface area contributed by atoms with Crippen molar-refractivity contribution >= 4 is 39.1 Å². The Morgan fingerprint density at radius 1 is 0.897 bits per heavy atom. The predicted octanol–water partition coefficient (Wildman–Crippen LogP) is 6.03. The van der Waals surface area contributed by atoms with Crippen LogP contribution in [0.5, 0.6) is 0 Å². The van der Waals surface area contributed by atoms with Crippen molar-refractivity contribution < 1.29 is 9.57 Å². The Labute approximate surface area is 187 Å². The summed E-state index contributed by atoms with van der Waals surface area (Å²) in [7, 11) is 3.55. The van der Waals surface area contributed by atoms with Gasteiger partial charge in [-0.25, -0.2) is 0 Å². The van der Waals surface area contributed by atoms with Crippen LogP contribution >= 0.6 is 28.3 Å². The normalized spacial score (nSPS) is 22.4. The van der Waals surface area contributed by atoms with Gasteiger partial charge in [0.25, 0.3) is 0 Å². The first-order valence-corrected chi connectivity index (χ1v) is 10.5. The van der Waals surface area contributed by atoms with E-state index in [1.165, 1.54) is 21.9 Å². The van der Waals surface area contributed by atoms with E-state index in [2.05, 4.69) is 87.7 Å². The molecule has 0 saturated carbocycles. The lowest BCUT2D eigenvalue weighted by molar-refractivity contribution is -0.166. The van der Waals surface area contributed by atoms with E-state index in [1.807, 2.05) is 0 Å². The third-order valence-electron chi connectivity index (χ3n) is 5.88. The van der Waals surface area contributed by atoms with Crippen LogP contribution in [0.2, 0.25) is 0 Å². The second-order valence-electron chi connectivity index (χ2n) is 7.54. The van der Waals surface area contributed by atoms with Crippen LogP contribution < -0.4 is 0 Å². The Hall–Kier alpha value is -1.43. The first-order chi connectivity index (χ1) is 13.7. The molecule has 0 aliphatic carbocycles. The van der Waals surface area contributed by atoms with E-state index >= 15 is 0 Å². The Morgan fingerprint density at radius 3 is 2.28 bits per heavy atom. The highest BCUT2D eigenvalue weighted by atomic mass is 79.9. The summed E-state index contributed by atoms with van der Waals surface area (Å²) >= 11 is 3.57. The maximum Gasteiger partial charge on any atom is 0.0575 e. The van der Waals surface area contributed by atoms with Gasteiger partial charge in [-0.1, -0.05) is 70.5 Å². The summed E-state index contributed by atoms with van der Waals surface area (Å²) in [5.41, 5.74) is 2.72. The molecule has 0 aromatic heterocycles. The van der Waals surface area contributed by atoms with Gasteiger partial charge in [0.05, 0.1) is 13.7 Å². The first-order valence-electron chi connectivity index (χ1n) is 9.71. The minimum Gasteiger partial charge on any atom is -0.384 e. The quantitative estimate of drug-likeness (QED) is 0.449. The van der Waals surface area contributed by atoms with E-state index in [4.69, 9.17) is 9.57 Å². The molecule has 5 heteroatoms. The molecule has 1 heterocycles. The van der Waals surface area contributed by atoms with Crippen LogP contribution in [0.4, 0.5) is 0 Å². The number of hydrogen-bond acceptors (Lipinski definition) is 3. The molecule has 0 N–H and O–H groups in total. The fraction of sp³-hybridized carbons (Fsp3) is 0.333. The Kier molecular flexibility index (Phi) is 7.72. The number of halogens is 2. The summed E-state index contributed by atoms with van der Waals surface area (Å²) in [6, 6.07) is 24.2. The number of hydrogen-bond donors (Lipinski definition) is 0. The van der Waals surface area contributed by atoms with Crippen LogP contribution in [0.1, 0.15) is 23.0 Å². The lowest BCUT2D eigenvalue weighted by Gasteiger charge is -2.43. The third-order valence-corrected chi connectivity index (χ3v) is 6.40. The maximum absolute atomic E-state index is 5.68. The molecule has 3 nitrogen and oxygen atoms in total. The molecular formula is C24H27BrClNO2. The van der Waals surface area contributed by atoms with Gasteiger partial charge in [-0.2, -0.15) is 5.06 Å². The highest BCUT2D eigenvalue weighted by Crippen LogP contribution is 2.44. The summed E-state index contributed by atoms with van der Waals surface area (Å²) in [5.74, 6) is 1.07. The van der Waals surface area contributed by atoms with Crippen molar-refractivity contribution in [3.63, 3.8) is 0 Å². The number of rotatable bonds is 5. The van der Waals surface area contributed by atoms with Gasteiger partial charge >= 0.3 is 0 Å². The molecule has 4 rings (SSSR count). The number of hydroxylamine groups is 2. The van der Waals surface area contributed by atoms with Gasteiger partial charge in [0, 0.05) is 36.5 Å². The van der Waals surface area contributed by atoms with Crippen molar-refractivity contribution in [3.8, 4) is 0 Å². The molecule has 1 aliphatic rings. The van der Waals surface area contributed by atoms with Gasteiger partial charge in [0.2, 0.25) is 0 Å². The van der Waals surface area contributed by atoms with Crippen LogP contribution in [0.3, 0.4) is 0 Å². The van der Waals surface area contributed by atoms with E-state index in [9.17, 15) is 0 Å². The first kappa shape index (κ1) is 22.3. The van der Waals surface area contributed by atoms with Crippen LogP contribution in [0.25, 0.3) is 10.8 Å². The van der Waals surface area contributed by atoms with Gasteiger partial charge < -0.3 is 9.57 Å². The molecule has 0 amide bonds. The van der Waals surface area contributed by atoms with Gasteiger partial charge in [0.1, 0.15) is 0 Å². The van der Waals surface area contributed by atoms with Crippen LogP contribution in [-0.2, 0) is 9.57 Å². The molecule has 0 radical (unpaired) electrons. The zero-order valence-corrected chi connectivity index (χ0v) is 19.2. The topological polar surface area (TPSA) is 21.7 Å². The number of piperidine rings is 1. The summed E-state index contributed by atoms with van der Waals surface area (Å²) in [5, 5.41) is 4.64. The monoisotopic (exact) mass is 475 g/mol. The van der Waals surface area contributed by atoms with Crippen molar-refractivity contribution in [2.75, 3.05) is 33.9 Å². The molecule has 1 saturated heterocycles. The number of methoxy groups -OCH3 is 1. The number of benzene rings is 3. The van der Waals surface area contributed by atoms with Crippen molar-refractivity contribution in [3.05, 3.63) is 82.3 Å². The van der Waals surface area contributed by atoms with Gasteiger partial charge in [0.15, 0.2) is 0 Å². The van der Waals surface area contributed by atoms with Crippen LogP contribution in [0, 0.1) is 5.92 Å². The summed E-state index contributed by atoms with van der Waals surface area (Å²) in [6.07, 6.45) is 0. The maximum atomic E-state index is 5.68. The van der Waals surface area contributed by atoms with Crippen LogP contribution in [-0.4, -0.2) is 39.0 Å². The van der Waals surface area contributed by atoms with Crippen molar-refractivity contribution in [1.29, 1.82) is 0 Å². The molecule has 3 aromatic carbocycles. The van der Waals surface area contributed by atoms with Crippen LogP contribution in [0.15, 0.2) is 71.2 Å². The lowest BCUT2D eigenvalue weighted by atomic mass is 9.71. The predicted molar refractivity (Wildman–Crippen MR) is 125 cm³/mol. The summed E-state index contributed by atoms with van der Waals surface area (Å²) < 4.78 is 6.72. The van der Waals surface area contributed by atoms with E-state index in [-0.39, 0.29) is 12.4 Å². The van der Waals surface area contributed by atoms with E-state index in [0.717, 1.165) is 17.6 Å². The second kappa shape index (κ2) is 10.1. The van der Waals surface area contributed by atoms with E-state index in [0.29, 0.717) is 24.4 Å². The zero-order valence-electron chi connectivity index (χ0n) is 16.8. The Morgan fingerprint density at radius 2 is 1.59 bits per heavy atom. The van der Waals surface area contributed by atoms with Crippen molar-refractivity contribution in [2.24, 2.45) is 5.92 Å². The molecular weight excluding hydrogens is 450 g/mol. The molecule has 154 valence electrons. The number of nitrogens with zero attached hydrogens (tertiary/aromatic N) is 1. The minimum absolute atomic E-state index is 0. The average Bonchev–Trinajstić information content (AvgIpc) is 2.74. The zero-order chi connectivity index (χ0) is 19.5. The molecule has 1 fully saturated rings. The average molecular weight is 477 g/mol. The van der Waals surface area contributed by atoms with Gasteiger partial charge in [-0.15, -0.1) is 12.4 Å². The summed E-state index contributed by atoms with van der Waals surface area (Å²) in [4.78, 5) is 5.68. The van der Waals surface area contributed by atoms with E-state index in [1.54, 1.807) is 14.2 Å². The SMILES string of the molecule is COCC1CN(OC)CC(c2ccc3ccccc3c2)C1c1ccc(Br)cc1.Cl. The number of ether oxygens (including phenoxy) is 1. The second-order valence-corrected chi connectivity index (χ2v) is 8.45. The highest BCUT2D eigenvalue weighted by Gasteiger charge is 2.39. The highest BCUT2D eigenvalue weighted by molar-refractivity contribution is 9.10. The molecule has 3 aromatic rings. The number of fused-ring (bicyclic) bond motifs is 1. The lowest BCUT2D eigenvalue weighted by Crippen LogP contribution is -2.45.